The van der Waals surface area contributed by atoms with Crippen LogP contribution in [0.2, 0.25) is 0 Å². The Labute approximate surface area is 142 Å². The SMILES string of the molecule is Cn1cc(C(N)=O)cc1C(=O)N1C[C@@H](O)C[C@H]1c1cc(F)ccc1F. The highest BCUT2D eigenvalue weighted by Crippen LogP contribution is 2.35. The van der Waals surface area contributed by atoms with Gasteiger partial charge in [-0.1, -0.05) is 0 Å². The van der Waals surface area contributed by atoms with Gasteiger partial charge in [0.15, 0.2) is 0 Å². The van der Waals surface area contributed by atoms with Crippen molar-refractivity contribution in [1.29, 1.82) is 0 Å². The van der Waals surface area contributed by atoms with Crippen LogP contribution in [0.5, 0.6) is 0 Å². The third-order valence-corrected chi connectivity index (χ3v) is 4.37. The van der Waals surface area contributed by atoms with E-state index in [-0.39, 0.29) is 29.8 Å². The van der Waals surface area contributed by atoms with Crippen molar-refractivity contribution >= 4 is 11.8 Å². The number of aromatic nitrogens is 1. The molecule has 0 bridgehead atoms. The highest BCUT2D eigenvalue weighted by Gasteiger charge is 2.38. The molecule has 3 rings (SSSR count). The van der Waals surface area contributed by atoms with Crippen LogP contribution in [0, 0.1) is 11.6 Å². The van der Waals surface area contributed by atoms with Crippen molar-refractivity contribution in [2.75, 3.05) is 6.54 Å². The van der Waals surface area contributed by atoms with E-state index < -0.39 is 35.6 Å². The molecule has 0 spiro atoms. The normalized spacial score (nSPS) is 20.1. The monoisotopic (exact) mass is 349 g/mol. The van der Waals surface area contributed by atoms with Gasteiger partial charge in [0.05, 0.1) is 17.7 Å². The number of likely N-dealkylation sites (tertiary alicyclic amines) is 1. The van der Waals surface area contributed by atoms with E-state index in [0.29, 0.717) is 0 Å². The molecule has 0 aliphatic carbocycles. The second-order valence-electron chi connectivity index (χ2n) is 6.12. The van der Waals surface area contributed by atoms with Gasteiger partial charge in [0, 0.05) is 25.4 Å². The van der Waals surface area contributed by atoms with E-state index >= 15 is 0 Å². The Morgan fingerprint density at radius 1 is 1.28 bits per heavy atom. The van der Waals surface area contributed by atoms with Crippen LogP contribution in [0.3, 0.4) is 0 Å². The van der Waals surface area contributed by atoms with Gasteiger partial charge < -0.3 is 20.3 Å². The summed E-state index contributed by atoms with van der Waals surface area (Å²) in [7, 11) is 1.57. The lowest BCUT2D eigenvalue weighted by atomic mass is 10.0. The molecular formula is C17H17F2N3O3. The number of hydrogen-bond donors (Lipinski definition) is 2. The van der Waals surface area contributed by atoms with Crippen molar-refractivity contribution in [3.05, 3.63) is 58.9 Å². The quantitative estimate of drug-likeness (QED) is 0.877. The van der Waals surface area contributed by atoms with Crippen molar-refractivity contribution < 1.29 is 23.5 Å². The van der Waals surface area contributed by atoms with Gasteiger partial charge in [0.25, 0.3) is 5.91 Å². The fourth-order valence-electron chi connectivity index (χ4n) is 3.16. The predicted molar refractivity (Wildman–Crippen MR) is 84.7 cm³/mol. The summed E-state index contributed by atoms with van der Waals surface area (Å²) in [6, 6.07) is 3.55. The molecule has 1 aliphatic rings. The first kappa shape index (κ1) is 17.1. The van der Waals surface area contributed by atoms with Crippen molar-refractivity contribution in [2.45, 2.75) is 18.6 Å². The first-order valence-corrected chi connectivity index (χ1v) is 7.68. The summed E-state index contributed by atoms with van der Waals surface area (Å²) < 4.78 is 29.1. The van der Waals surface area contributed by atoms with E-state index in [0.717, 1.165) is 18.2 Å². The second-order valence-corrected chi connectivity index (χ2v) is 6.12. The topological polar surface area (TPSA) is 88.6 Å². The fourth-order valence-corrected chi connectivity index (χ4v) is 3.16. The van der Waals surface area contributed by atoms with Gasteiger partial charge in [-0.3, -0.25) is 9.59 Å². The lowest BCUT2D eigenvalue weighted by Crippen LogP contribution is -2.33. The predicted octanol–water partition coefficient (Wildman–Crippen LogP) is 1.35. The zero-order valence-corrected chi connectivity index (χ0v) is 13.4. The van der Waals surface area contributed by atoms with Gasteiger partial charge >= 0.3 is 0 Å². The molecule has 2 aromatic rings. The Balaban J connectivity index is 1.98. The Morgan fingerprint density at radius 2 is 2.00 bits per heavy atom. The van der Waals surface area contributed by atoms with E-state index in [9.17, 15) is 23.5 Å². The molecule has 0 saturated carbocycles. The number of hydrogen-bond acceptors (Lipinski definition) is 3. The molecule has 6 nitrogen and oxygen atoms in total. The smallest absolute Gasteiger partial charge is 0.271 e. The maximum atomic E-state index is 14.1. The molecule has 1 aromatic heterocycles. The number of carbonyl (C=O) groups excluding carboxylic acids is 2. The maximum absolute atomic E-state index is 14.1. The highest BCUT2D eigenvalue weighted by molar-refractivity contribution is 5.99. The number of nitrogens with zero attached hydrogens (tertiary/aromatic N) is 2. The standard InChI is InChI=1S/C17H17F2N3O3/c1-21-7-9(16(20)24)4-15(21)17(25)22-8-11(23)6-14(22)12-5-10(18)2-3-13(12)19/h2-5,7,11,14,23H,6,8H2,1H3,(H2,20,24)/t11-,14-/m0/s1. The van der Waals surface area contributed by atoms with Gasteiger partial charge in [-0.2, -0.15) is 0 Å². The summed E-state index contributed by atoms with van der Waals surface area (Å²) in [5.41, 5.74) is 5.56. The largest absolute Gasteiger partial charge is 0.391 e. The summed E-state index contributed by atoms with van der Waals surface area (Å²) in [6.07, 6.45) is 0.659. The average Bonchev–Trinajstić information content (AvgIpc) is 3.12. The number of amides is 2. The minimum atomic E-state index is -0.854. The molecule has 25 heavy (non-hydrogen) atoms. The van der Waals surface area contributed by atoms with Gasteiger partial charge in [-0.05, 0) is 30.7 Å². The summed E-state index contributed by atoms with van der Waals surface area (Å²) in [6.45, 7) is -0.0173. The van der Waals surface area contributed by atoms with E-state index in [1.54, 1.807) is 7.05 Å². The first-order valence-electron chi connectivity index (χ1n) is 7.68. The summed E-state index contributed by atoms with van der Waals surface area (Å²) in [4.78, 5) is 25.4. The molecule has 1 aromatic carbocycles. The Morgan fingerprint density at radius 3 is 2.64 bits per heavy atom. The number of aryl methyl sites for hydroxylation is 1. The van der Waals surface area contributed by atoms with Gasteiger partial charge in [0.2, 0.25) is 5.91 Å². The van der Waals surface area contributed by atoms with Crippen LogP contribution >= 0.6 is 0 Å². The Bertz CT molecular complexity index is 850. The van der Waals surface area contributed by atoms with Crippen LogP contribution in [0.4, 0.5) is 8.78 Å². The summed E-state index contributed by atoms with van der Waals surface area (Å²) in [5, 5.41) is 9.96. The number of primary amides is 1. The first-order chi connectivity index (χ1) is 11.8. The number of halogens is 2. The van der Waals surface area contributed by atoms with Gasteiger partial charge in [-0.15, -0.1) is 0 Å². The fraction of sp³-hybridized carbons (Fsp3) is 0.294. The molecule has 1 aliphatic heterocycles. The van der Waals surface area contributed by atoms with E-state index in [1.165, 1.54) is 21.7 Å². The summed E-state index contributed by atoms with van der Waals surface area (Å²) >= 11 is 0. The Kier molecular flexibility index (Phi) is 4.30. The van der Waals surface area contributed by atoms with Crippen LogP contribution < -0.4 is 5.73 Å². The van der Waals surface area contributed by atoms with Crippen LogP contribution in [-0.4, -0.2) is 39.0 Å². The lowest BCUT2D eigenvalue weighted by molar-refractivity contribution is 0.0704. The van der Waals surface area contributed by atoms with Crippen LogP contribution in [0.1, 0.15) is 38.9 Å². The molecule has 1 fully saturated rings. The molecule has 0 unspecified atom stereocenters. The number of aliphatic hydroxyl groups is 1. The molecular weight excluding hydrogens is 332 g/mol. The third kappa shape index (κ3) is 3.12. The van der Waals surface area contributed by atoms with Crippen molar-refractivity contribution in [2.24, 2.45) is 12.8 Å². The van der Waals surface area contributed by atoms with Crippen molar-refractivity contribution in [3.8, 4) is 0 Å². The molecule has 1 saturated heterocycles. The minimum Gasteiger partial charge on any atom is -0.391 e. The van der Waals surface area contributed by atoms with Gasteiger partial charge in [0.1, 0.15) is 17.3 Å². The van der Waals surface area contributed by atoms with E-state index in [2.05, 4.69) is 0 Å². The minimum absolute atomic E-state index is 0.00855. The molecule has 2 amide bonds. The summed E-state index contributed by atoms with van der Waals surface area (Å²) in [5.74, 6) is -2.45. The number of benzene rings is 1. The second kappa shape index (κ2) is 6.29. The molecule has 0 radical (unpaired) electrons. The molecule has 3 N–H and O–H groups in total. The number of rotatable bonds is 3. The number of nitrogens with two attached hydrogens (primary N) is 1. The van der Waals surface area contributed by atoms with Crippen LogP contribution in [-0.2, 0) is 7.05 Å². The maximum Gasteiger partial charge on any atom is 0.271 e. The van der Waals surface area contributed by atoms with Crippen molar-refractivity contribution in [1.82, 2.24) is 9.47 Å². The van der Waals surface area contributed by atoms with Crippen LogP contribution in [0.15, 0.2) is 30.5 Å². The molecule has 2 atom stereocenters. The molecule has 8 heteroatoms. The third-order valence-electron chi connectivity index (χ3n) is 4.37. The van der Waals surface area contributed by atoms with E-state index in [4.69, 9.17) is 5.73 Å². The average molecular weight is 349 g/mol. The number of β-amino-alcohol motifs (C(OH)–C–C–N with tert-alkyl or cyclic N) is 1. The van der Waals surface area contributed by atoms with Crippen molar-refractivity contribution in [3.63, 3.8) is 0 Å². The van der Waals surface area contributed by atoms with Gasteiger partial charge in [-0.25, -0.2) is 8.78 Å². The zero-order chi connectivity index (χ0) is 18.3. The molecule has 132 valence electrons. The Hall–Kier alpha value is -2.74. The number of carbonyl (C=O) groups is 2. The lowest BCUT2D eigenvalue weighted by Gasteiger charge is -2.25. The van der Waals surface area contributed by atoms with E-state index in [1.807, 2.05) is 0 Å². The zero-order valence-electron chi connectivity index (χ0n) is 13.4. The van der Waals surface area contributed by atoms with Crippen LogP contribution in [0.25, 0.3) is 0 Å². The molecule has 2 heterocycles. The highest BCUT2D eigenvalue weighted by atomic mass is 19.1. The number of aliphatic hydroxyl groups excluding tert-OH is 1.